The topological polar surface area (TPSA) is 61.6 Å². The highest BCUT2D eigenvalue weighted by Gasteiger charge is 2.17. The normalized spacial score (nSPS) is 15.2. The van der Waals surface area contributed by atoms with Crippen LogP contribution < -0.4 is 5.32 Å². The van der Waals surface area contributed by atoms with Crippen molar-refractivity contribution in [2.75, 3.05) is 39.3 Å². The number of oxazole rings is 1. The van der Waals surface area contributed by atoms with Crippen LogP contribution in [0.25, 0.3) is 11.5 Å². The Morgan fingerprint density at radius 2 is 1.60 bits per heavy atom. The molecule has 6 nitrogen and oxygen atoms in total. The van der Waals surface area contributed by atoms with Crippen molar-refractivity contribution < 1.29 is 9.21 Å². The third-order valence-corrected chi connectivity index (χ3v) is 5.38. The van der Waals surface area contributed by atoms with Crippen LogP contribution in [0.4, 0.5) is 0 Å². The van der Waals surface area contributed by atoms with Crippen LogP contribution in [-0.4, -0.2) is 60.0 Å². The Kier molecular flexibility index (Phi) is 6.90. The van der Waals surface area contributed by atoms with Crippen molar-refractivity contribution in [3.8, 4) is 11.5 Å². The second kappa shape index (κ2) is 10.2. The highest BCUT2D eigenvalue weighted by Crippen LogP contribution is 2.18. The second-order valence-corrected chi connectivity index (χ2v) is 7.64. The van der Waals surface area contributed by atoms with Gasteiger partial charge in [-0.15, -0.1) is 0 Å². The van der Waals surface area contributed by atoms with Crippen molar-refractivity contribution in [3.05, 3.63) is 78.2 Å². The van der Waals surface area contributed by atoms with Crippen LogP contribution in [0.3, 0.4) is 0 Å². The molecule has 4 rings (SSSR count). The minimum absolute atomic E-state index is 0.0226. The van der Waals surface area contributed by atoms with Gasteiger partial charge in [0.2, 0.25) is 11.8 Å². The first-order valence-corrected chi connectivity index (χ1v) is 10.5. The molecule has 1 aromatic heterocycles. The molecule has 6 heteroatoms. The molecule has 0 spiro atoms. The number of hydrogen-bond acceptors (Lipinski definition) is 5. The number of piperazine rings is 1. The summed E-state index contributed by atoms with van der Waals surface area (Å²) in [5.41, 5.74) is 2.93. The molecule has 1 aliphatic heterocycles. The van der Waals surface area contributed by atoms with Crippen LogP contribution in [0.2, 0.25) is 0 Å². The van der Waals surface area contributed by atoms with Gasteiger partial charge in [0, 0.05) is 51.4 Å². The molecule has 0 aliphatic carbocycles. The number of amides is 1. The minimum Gasteiger partial charge on any atom is -0.444 e. The lowest BCUT2D eigenvalue weighted by atomic mass is 10.2. The van der Waals surface area contributed by atoms with E-state index in [1.54, 1.807) is 6.26 Å². The molecule has 0 radical (unpaired) electrons. The molecule has 0 saturated carbocycles. The molecule has 1 fully saturated rings. The summed E-state index contributed by atoms with van der Waals surface area (Å²) in [5, 5.41) is 3.00. The summed E-state index contributed by atoms with van der Waals surface area (Å²) < 4.78 is 5.50. The first-order chi connectivity index (χ1) is 14.8. The summed E-state index contributed by atoms with van der Waals surface area (Å²) in [7, 11) is 0. The van der Waals surface area contributed by atoms with Crippen molar-refractivity contribution in [3.63, 3.8) is 0 Å². The maximum Gasteiger partial charge on any atom is 0.226 e. The first kappa shape index (κ1) is 20.3. The summed E-state index contributed by atoms with van der Waals surface area (Å²) in [5.74, 6) is 0.525. The Morgan fingerprint density at radius 1 is 0.933 bits per heavy atom. The first-order valence-electron chi connectivity index (χ1n) is 10.5. The number of aromatic nitrogens is 1. The van der Waals surface area contributed by atoms with Crippen molar-refractivity contribution in [1.82, 2.24) is 20.1 Å². The molecular weight excluding hydrogens is 376 g/mol. The number of rotatable bonds is 8. The van der Waals surface area contributed by atoms with Gasteiger partial charge in [0.25, 0.3) is 0 Å². The quantitative estimate of drug-likeness (QED) is 0.626. The zero-order valence-corrected chi connectivity index (χ0v) is 17.2. The monoisotopic (exact) mass is 404 g/mol. The molecule has 0 unspecified atom stereocenters. The molecule has 156 valence electrons. The fourth-order valence-electron chi connectivity index (χ4n) is 3.69. The second-order valence-electron chi connectivity index (χ2n) is 7.64. The van der Waals surface area contributed by atoms with Crippen LogP contribution in [0.5, 0.6) is 0 Å². The van der Waals surface area contributed by atoms with Crippen LogP contribution >= 0.6 is 0 Å². The number of carbonyl (C=O) groups excluding carboxylic acids is 1. The van der Waals surface area contributed by atoms with Crippen molar-refractivity contribution in [2.45, 2.75) is 13.0 Å². The molecule has 1 saturated heterocycles. The van der Waals surface area contributed by atoms with Crippen LogP contribution in [0, 0.1) is 0 Å². The van der Waals surface area contributed by atoms with Gasteiger partial charge in [-0.05, 0) is 17.7 Å². The van der Waals surface area contributed by atoms with E-state index < -0.39 is 0 Å². The van der Waals surface area contributed by atoms with E-state index in [9.17, 15) is 4.79 Å². The molecule has 2 heterocycles. The van der Waals surface area contributed by atoms with Gasteiger partial charge in [-0.25, -0.2) is 4.98 Å². The van der Waals surface area contributed by atoms with E-state index in [-0.39, 0.29) is 12.3 Å². The highest BCUT2D eigenvalue weighted by atomic mass is 16.3. The summed E-state index contributed by atoms with van der Waals surface area (Å²) in [6.07, 6.45) is 1.80. The lowest BCUT2D eigenvalue weighted by molar-refractivity contribution is -0.120. The van der Waals surface area contributed by atoms with E-state index in [1.807, 2.05) is 30.3 Å². The largest absolute Gasteiger partial charge is 0.444 e. The summed E-state index contributed by atoms with van der Waals surface area (Å²) in [6, 6.07) is 20.3. The standard InChI is InChI=1S/C24H28N4O2/c29-23(17-22-19-30-24(26-22)21-9-5-2-6-10-21)25-11-12-27-13-15-28(16-14-27)18-20-7-3-1-4-8-20/h1-10,19H,11-18H2,(H,25,29). The molecule has 1 N–H and O–H groups in total. The minimum atomic E-state index is -0.0226. The fourth-order valence-corrected chi connectivity index (χ4v) is 3.69. The number of nitrogens with one attached hydrogen (secondary N) is 1. The van der Waals surface area contributed by atoms with E-state index in [2.05, 4.69) is 50.4 Å². The molecule has 3 aromatic rings. The zero-order valence-electron chi connectivity index (χ0n) is 17.2. The van der Waals surface area contributed by atoms with E-state index in [4.69, 9.17) is 4.42 Å². The molecule has 1 amide bonds. The number of benzene rings is 2. The smallest absolute Gasteiger partial charge is 0.226 e. The summed E-state index contributed by atoms with van der Waals surface area (Å²) >= 11 is 0. The zero-order chi connectivity index (χ0) is 20.6. The van der Waals surface area contributed by atoms with Crippen LogP contribution in [-0.2, 0) is 17.8 Å². The Morgan fingerprint density at radius 3 is 2.33 bits per heavy atom. The predicted octanol–water partition coefficient (Wildman–Crippen LogP) is 2.82. The lowest BCUT2D eigenvalue weighted by Crippen LogP contribution is -2.48. The van der Waals surface area contributed by atoms with Crippen molar-refractivity contribution >= 4 is 5.91 Å². The van der Waals surface area contributed by atoms with Crippen molar-refractivity contribution in [1.29, 1.82) is 0 Å². The molecular formula is C24H28N4O2. The third kappa shape index (κ3) is 5.78. The number of hydrogen-bond donors (Lipinski definition) is 1. The molecule has 30 heavy (non-hydrogen) atoms. The molecule has 0 atom stereocenters. The van der Waals surface area contributed by atoms with Crippen LogP contribution in [0.15, 0.2) is 71.3 Å². The number of nitrogens with zero attached hydrogens (tertiary/aromatic N) is 3. The Labute approximate surface area is 177 Å². The summed E-state index contributed by atoms with van der Waals surface area (Å²) in [6.45, 7) is 6.72. The fraction of sp³-hybridized carbons (Fsp3) is 0.333. The van der Waals surface area contributed by atoms with Gasteiger partial charge in [0.15, 0.2) is 0 Å². The maximum absolute atomic E-state index is 12.2. The van der Waals surface area contributed by atoms with Gasteiger partial charge in [0.05, 0.1) is 12.1 Å². The Hall–Kier alpha value is -2.96. The van der Waals surface area contributed by atoms with E-state index in [0.717, 1.165) is 44.8 Å². The summed E-state index contributed by atoms with van der Waals surface area (Å²) in [4.78, 5) is 21.5. The molecule has 1 aliphatic rings. The van der Waals surface area contributed by atoms with Crippen molar-refractivity contribution in [2.24, 2.45) is 0 Å². The van der Waals surface area contributed by atoms with E-state index >= 15 is 0 Å². The van der Waals surface area contributed by atoms with E-state index in [1.165, 1.54) is 5.56 Å². The van der Waals surface area contributed by atoms with Crippen LogP contribution in [0.1, 0.15) is 11.3 Å². The average molecular weight is 405 g/mol. The van der Waals surface area contributed by atoms with Gasteiger partial charge in [-0.3, -0.25) is 14.6 Å². The lowest BCUT2D eigenvalue weighted by Gasteiger charge is -2.34. The predicted molar refractivity (Wildman–Crippen MR) is 117 cm³/mol. The Bertz CT molecular complexity index is 919. The number of carbonyl (C=O) groups is 1. The molecule has 2 aromatic carbocycles. The molecule has 0 bridgehead atoms. The van der Waals surface area contributed by atoms with Gasteiger partial charge in [-0.1, -0.05) is 48.5 Å². The Balaban J connectivity index is 1.14. The average Bonchev–Trinajstić information content (AvgIpc) is 3.25. The SMILES string of the molecule is O=C(Cc1coc(-c2ccccc2)n1)NCCN1CCN(Cc2ccccc2)CC1. The highest BCUT2D eigenvalue weighted by molar-refractivity contribution is 5.78. The third-order valence-electron chi connectivity index (χ3n) is 5.38. The van der Waals surface area contributed by atoms with E-state index in [0.29, 0.717) is 18.1 Å². The maximum atomic E-state index is 12.2. The van der Waals surface area contributed by atoms with Gasteiger partial charge in [0.1, 0.15) is 6.26 Å². The van der Waals surface area contributed by atoms with Gasteiger partial charge >= 0.3 is 0 Å². The van der Waals surface area contributed by atoms with Gasteiger partial charge in [-0.2, -0.15) is 0 Å². The van der Waals surface area contributed by atoms with Gasteiger partial charge < -0.3 is 9.73 Å².